The first-order chi connectivity index (χ1) is 9.90. The first-order valence-electron chi connectivity index (χ1n) is 7.44. The summed E-state index contributed by atoms with van der Waals surface area (Å²) in [5.74, 6) is 6.68. The zero-order valence-corrected chi connectivity index (χ0v) is 14.5. The van der Waals surface area contributed by atoms with Crippen LogP contribution in [-0.4, -0.2) is 36.7 Å². The predicted octanol–water partition coefficient (Wildman–Crippen LogP) is 2.84. The van der Waals surface area contributed by atoms with Gasteiger partial charge in [-0.25, -0.2) is 0 Å². The van der Waals surface area contributed by atoms with Crippen LogP contribution in [0.5, 0.6) is 5.75 Å². The van der Waals surface area contributed by atoms with E-state index in [4.69, 9.17) is 22.2 Å². The van der Waals surface area contributed by atoms with Gasteiger partial charge in [-0.15, -0.1) is 0 Å². The molecule has 1 aromatic rings. The Bertz CT molecular complexity index is 447. The van der Waals surface area contributed by atoms with E-state index < -0.39 is 0 Å². The van der Waals surface area contributed by atoms with Crippen molar-refractivity contribution in [1.29, 1.82) is 0 Å². The molecule has 0 amide bonds. The highest BCUT2D eigenvalue weighted by Crippen LogP contribution is 2.28. The largest absolute Gasteiger partial charge is 0.496 e. The van der Waals surface area contributed by atoms with Crippen molar-refractivity contribution in [1.82, 2.24) is 10.3 Å². The van der Waals surface area contributed by atoms with Crippen LogP contribution in [0, 0.1) is 0 Å². The first kappa shape index (κ1) is 18.2. The van der Waals surface area contributed by atoms with Crippen molar-refractivity contribution in [2.24, 2.45) is 5.84 Å². The number of nitrogens with one attached hydrogen (secondary N) is 1. The molecule has 21 heavy (non-hydrogen) atoms. The third kappa shape index (κ3) is 4.33. The lowest BCUT2D eigenvalue weighted by Gasteiger charge is -2.43. The normalized spacial score (nSPS) is 13.5. The maximum absolute atomic E-state index is 6.11. The Kier molecular flexibility index (Phi) is 6.94. The quantitative estimate of drug-likeness (QED) is 0.572. The van der Waals surface area contributed by atoms with Gasteiger partial charge in [0.2, 0.25) is 0 Å². The Morgan fingerprint density at radius 1 is 1.33 bits per heavy atom. The van der Waals surface area contributed by atoms with Gasteiger partial charge < -0.3 is 4.74 Å². The van der Waals surface area contributed by atoms with Crippen LogP contribution in [0.4, 0.5) is 0 Å². The molecule has 0 aromatic heterocycles. The molecule has 0 spiro atoms. The summed E-state index contributed by atoms with van der Waals surface area (Å²) >= 11 is 6.11. The van der Waals surface area contributed by atoms with Crippen molar-refractivity contribution >= 4 is 11.6 Å². The number of rotatable bonds is 8. The molecule has 4 nitrogen and oxygen atoms in total. The maximum atomic E-state index is 6.11. The van der Waals surface area contributed by atoms with Crippen molar-refractivity contribution in [3.63, 3.8) is 0 Å². The van der Waals surface area contributed by atoms with E-state index in [1.54, 1.807) is 7.11 Å². The standard InChI is InChI=1S/C16H28ClN3O/c1-6-20(7-2)16(3,4)15(19-18)11-12-10-13(17)8-9-14(12)21-5/h8-10,15,19H,6-7,11,18H2,1-5H3. The summed E-state index contributed by atoms with van der Waals surface area (Å²) in [5.41, 5.74) is 3.96. The molecular weight excluding hydrogens is 286 g/mol. The Labute approximate surface area is 133 Å². The van der Waals surface area contributed by atoms with Crippen LogP contribution in [0.3, 0.4) is 0 Å². The number of benzene rings is 1. The summed E-state index contributed by atoms with van der Waals surface area (Å²) in [5, 5.41) is 0.710. The summed E-state index contributed by atoms with van der Waals surface area (Å²) in [6.45, 7) is 10.7. The molecular formula is C16H28ClN3O. The number of likely N-dealkylation sites (N-methyl/N-ethyl adjacent to an activating group) is 1. The van der Waals surface area contributed by atoms with Gasteiger partial charge in [-0.2, -0.15) is 0 Å². The fourth-order valence-electron chi connectivity index (χ4n) is 2.90. The van der Waals surface area contributed by atoms with Gasteiger partial charge in [0.1, 0.15) is 5.75 Å². The minimum atomic E-state index is -0.0778. The molecule has 1 atom stereocenters. The third-order valence-electron chi connectivity index (χ3n) is 4.30. The van der Waals surface area contributed by atoms with Crippen molar-refractivity contribution in [3.8, 4) is 5.75 Å². The monoisotopic (exact) mass is 313 g/mol. The lowest BCUT2D eigenvalue weighted by molar-refractivity contribution is 0.0909. The molecule has 3 N–H and O–H groups in total. The molecule has 1 aromatic carbocycles. The molecule has 1 rings (SSSR count). The molecule has 0 fully saturated rings. The Hall–Kier alpha value is -0.810. The van der Waals surface area contributed by atoms with Gasteiger partial charge in [-0.1, -0.05) is 25.4 Å². The van der Waals surface area contributed by atoms with Gasteiger partial charge >= 0.3 is 0 Å². The number of hydrogen-bond acceptors (Lipinski definition) is 4. The van der Waals surface area contributed by atoms with Crippen LogP contribution in [0.25, 0.3) is 0 Å². The van der Waals surface area contributed by atoms with Gasteiger partial charge in [0, 0.05) is 16.6 Å². The van der Waals surface area contributed by atoms with Crippen LogP contribution < -0.4 is 16.0 Å². The summed E-state index contributed by atoms with van der Waals surface area (Å²) in [6, 6.07) is 5.77. The number of nitrogens with two attached hydrogens (primary N) is 1. The summed E-state index contributed by atoms with van der Waals surface area (Å²) in [7, 11) is 1.67. The predicted molar refractivity (Wildman–Crippen MR) is 89.8 cm³/mol. The van der Waals surface area contributed by atoms with Crippen LogP contribution >= 0.6 is 11.6 Å². The van der Waals surface area contributed by atoms with Crippen LogP contribution in [0.1, 0.15) is 33.3 Å². The molecule has 120 valence electrons. The fourth-order valence-corrected chi connectivity index (χ4v) is 3.09. The minimum absolute atomic E-state index is 0.0778. The molecule has 5 heteroatoms. The average molecular weight is 314 g/mol. The van der Waals surface area contributed by atoms with E-state index in [1.165, 1.54) is 0 Å². The number of nitrogens with zero attached hydrogens (tertiary/aromatic N) is 1. The van der Waals surface area contributed by atoms with E-state index in [-0.39, 0.29) is 11.6 Å². The molecule has 0 aliphatic heterocycles. The number of hydrogen-bond donors (Lipinski definition) is 2. The highest BCUT2D eigenvalue weighted by atomic mass is 35.5. The van der Waals surface area contributed by atoms with E-state index >= 15 is 0 Å². The molecule has 0 radical (unpaired) electrons. The topological polar surface area (TPSA) is 50.5 Å². The van der Waals surface area contributed by atoms with Crippen molar-refractivity contribution in [2.45, 2.75) is 45.7 Å². The van der Waals surface area contributed by atoms with E-state index in [1.807, 2.05) is 18.2 Å². The second-order valence-corrected chi connectivity index (χ2v) is 6.14. The molecule has 0 saturated carbocycles. The fraction of sp³-hybridized carbons (Fsp3) is 0.625. The number of methoxy groups -OCH3 is 1. The Morgan fingerprint density at radius 2 is 1.95 bits per heavy atom. The van der Waals surface area contributed by atoms with E-state index in [0.717, 1.165) is 30.8 Å². The lowest BCUT2D eigenvalue weighted by atomic mass is 9.87. The maximum Gasteiger partial charge on any atom is 0.122 e. The van der Waals surface area contributed by atoms with Crippen molar-refractivity contribution in [3.05, 3.63) is 28.8 Å². The summed E-state index contributed by atoms with van der Waals surface area (Å²) < 4.78 is 5.43. The SMILES string of the molecule is CCN(CC)C(C)(C)C(Cc1cc(Cl)ccc1OC)NN. The highest BCUT2D eigenvalue weighted by molar-refractivity contribution is 6.30. The van der Waals surface area contributed by atoms with Gasteiger partial charge in [0.15, 0.2) is 0 Å². The van der Waals surface area contributed by atoms with Crippen molar-refractivity contribution < 1.29 is 4.74 Å². The minimum Gasteiger partial charge on any atom is -0.496 e. The molecule has 0 heterocycles. The molecule has 0 saturated heterocycles. The molecule has 0 aliphatic rings. The van der Waals surface area contributed by atoms with E-state index in [0.29, 0.717) is 5.02 Å². The summed E-state index contributed by atoms with van der Waals surface area (Å²) in [4.78, 5) is 2.40. The van der Waals surface area contributed by atoms with Crippen molar-refractivity contribution in [2.75, 3.05) is 20.2 Å². The lowest BCUT2D eigenvalue weighted by Crippen LogP contribution is -2.60. The number of ether oxygens (including phenoxy) is 1. The van der Waals surface area contributed by atoms with Gasteiger partial charge in [-0.3, -0.25) is 16.2 Å². The average Bonchev–Trinajstić information content (AvgIpc) is 2.45. The number of hydrazine groups is 1. The highest BCUT2D eigenvalue weighted by Gasteiger charge is 2.33. The molecule has 0 aliphatic carbocycles. The summed E-state index contributed by atoms with van der Waals surface area (Å²) in [6.07, 6.45) is 0.754. The Balaban J connectivity index is 3.04. The molecule has 1 unspecified atom stereocenters. The van der Waals surface area contributed by atoms with Crippen LogP contribution in [0.15, 0.2) is 18.2 Å². The van der Waals surface area contributed by atoms with Crippen LogP contribution in [-0.2, 0) is 6.42 Å². The first-order valence-corrected chi connectivity index (χ1v) is 7.82. The molecule has 0 bridgehead atoms. The second kappa shape index (κ2) is 7.99. The van der Waals surface area contributed by atoms with Gasteiger partial charge in [-0.05, 0) is 57.1 Å². The number of halogens is 1. The zero-order chi connectivity index (χ0) is 16.0. The Morgan fingerprint density at radius 3 is 2.43 bits per heavy atom. The van der Waals surface area contributed by atoms with Crippen LogP contribution in [0.2, 0.25) is 5.02 Å². The van der Waals surface area contributed by atoms with E-state index in [2.05, 4.69) is 38.0 Å². The smallest absolute Gasteiger partial charge is 0.122 e. The third-order valence-corrected chi connectivity index (χ3v) is 4.53. The van der Waals surface area contributed by atoms with Gasteiger partial charge in [0.05, 0.1) is 7.11 Å². The van der Waals surface area contributed by atoms with Gasteiger partial charge in [0.25, 0.3) is 0 Å². The van der Waals surface area contributed by atoms with E-state index in [9.17, 15) is 0 Å². The second-order valence-electron chi connectivity index (χ2n) is 5.71. The zero-order valence-electron chi connectivity index (χ0n) is 13.7.